The molecule has 0 aliphatic rings. The molecule has 0 radical (unpaired) electrons. The summed E-state index contributed by atoms with van der Waals surface area (Å²) in [5, 5.41) is 0. The molecular formula is C15H33O2P. The number of rotatable bonds is 10. The van der Waals surface area contributed by atoms with Crippen LogP contribution in [0, 0.1) is 0 Å². The van der Waals surface area contributed by atoms with E-state index in [4.69, 9.17) is 4.52 Å². The van der Waals surface area contributed by atoms with Crippen molar-refractivity contribution in [2.75, 3.05) is 25.2 Å². The van der Waals surface area contributed by atoms with Crippen LogP contribution in [0.2, 0.25) is 0 Å². The van der Waals surface area contributed by atoms with E-state index in [2.05, 4.69) is 34.4 Å². The van der Waals surface area contributed by atoms with Gasteiger partial charge in [-0.25, -0.2) is 0 Å². The van der Waals surface area contributed by atoms with Crippen LogP contribution < -0.4 is 0 Å². The molecular weight excluding hydrogens is 243 g/mol. The Bertz CT molecular complexity index is 236. The second kappa shape index (κ2) is 8.15. The molecule has 2 nitrogen and oxygen atoms in total. The quantitative estimate of drug-likeness (QED) is 0.412. The Morgan fingerprint density at radius 1 is 0.889 bits per heavy atom. The fourth-order valence-electron chi connectivity index (χ4n) is 2.10. The van der Waals surface area contributed by atoms with E-state index in [0.29, 0.717) is 6.42 Å². The number of hydrogen-bond acceptors (Lipinski definition) is 2. The van der Waals surface area contributed by atoms with E-state index in [1.54, 1.807) is 0 Å². The Hall–Kier alpha value is -0.100. The standard InChI is InChI=1S/C15H33O2P/c1-6-10-11-12-13-14-15(16)17-18(5,7-2,8-3)9-4/h6-14H2,1-5H3. The van der Waals surface area contributed by atoms with Gasteiger partial charge in [0.05, 0.1) is 0 Å². The van der Waals surface area contributed by atoms with Crippen LogP contribution in [-0.2, 0) is 9.32 Å². The van der Waals surface area contributed by atoms with Crippen LogP contribution in [0.3, 0.4) is 0 Å². The normalized spacial score (nSPS) is 13.9. The van der Waals surface area contributed by atoms with Gasteiger partial charge in [0.1, 0.15) is 0 Å². The average Bonchev–Trinajstić information content (AvgIpc) is 2.39. The first-order chi connectivity index (χ1) is 8.43. The summed E-state index contributed by atoms with van der Waals surface area (Å²) < 4.78 is 5.97. The van der Waals surface area contributed by atoms with Crippen molar-refractivity contribution in [3.8, 4) is 0 Å². The maximum absolute atomic E-state index is 12.0. The molecule has 0 N–H and O–H groups in total. The summed E-state index contributed by atoms with van der Waals surface area (Å²) in [7, 11) is 0. The van der Waals surface area contributed by atoms with Gasteiger partial charge < -0.3 is 0 Å². The van der Waals surface area contributed by atoms with Gasteiger partial charge in [-0.1, -0.05) is 0 Å². The van der Waals surface area contributed by atoms with Crippen molar-refractivity contribution in [1.29, 1.82) is 0 Å². The zero-order valence-electron chi connectivity index (χ0n) is 13.1. The zero-order chi connectivity index (χ0) is 14.1. The molecule has 110 valence electrons. The molecule has 0 bridgehead atoms. The third kappa shape index (κ3) is 5.69. The van der Waals surface area contributed by atoms with E-state index in [1.165, 1.54) is 19.3 Å². The molecule has 0 fully saturated rings. The fourth-order valence-corrected chi connectivity index (χ4v) is 4.56. The van der Waals surface area contributed by atoms with Gasteiger partial charge in [-0.05, 0) is 0 Å². The van der Waals surface area contributed by atoms with Gasteiger partial charge >= 0.3 is 113 Å². The van der Waals surface area contributed by atoms with Crippen LogP contribution >= 0.6 is 6.83 Å². The summed E-state index contributed by atoms with van der Waals surface area (Å²) in [6.45, 7) is 8.75. The van der Waals surface area contributed by atoms with Crippen LogP contribution in [0.4, 0.5) is 0 Å². The summed E-state index contributed by atoms with van der Waals surface area (Å²) in [4.78, 5) is 12.0. The van der Waals surface area contributed by atoms with E-state index in [9.17, 15) is 4.79 Å². The maximum atomic E-state index is 12.0. The van der Waals surface area contributed by atoms with Crippen molar-refractivity contribution in [3.05, 3.63) is 0 Å². The van der Waals surface area contributed by atoms with Gasteiger partial charge in [0.25, 0.3) is 0 Å². The van der Waals surface area contributed by atoms with Gasteiger partial charge in [-0.15, -0.1) is 0 Å². The molecule has 0 aliphatic carbocycles. The molecule has 0 saturated heterocycles. The predicted molar refractivity (Wildman–Crippen MR) is 83.9 cm³/mol. The SMILES string of the molecule is CCCCCCCC(=O)OP(C)(CC)(CC)CC. The van der Waals surface area contributed by atoms with Crippen molar-refractivity contribution in [2.24, 2.45) is 0 Å². The molecule has 0 spiro atoms. The Morgan fingerprint density at radius 3 is 1.83 bits per heavy atom. The first kappa shape index (κ1) is 17.9. The molecule has 0 amide bonds. The first-order valence-electron chi connectivity index (χ1n) is 7.67. The molecule has 0 aliphatic heterocycles. The van der Waals surface area contributed by atoms with E-state index >= 15 is 0 Å². The van der Waals surface area contributed by atoms with Crippen LogP contribution in [0.5, 0.6) is 0 Å². The van der Waals surface area contributed by atoms with Crippen LogP contribution in [-0.4, -0.2) is 31.1 Å². The Kier molecular flexibility index (Phi) is 8.10. The van der Waals surface area contributed by atoms with Gasteiger partial charge in [-0.3, -0.25) is 0 Å². The zero-order valence-corrected chi connectivity index (χ0v) is 14.0. The van der Waals surface area contributed by atoms with Gasteiger partial charge in [0.15, 0.2) is 0 Å². The molecule has 18 heavy (non-hydrogen) atoms. The third-order valence-electron chi connectivity index (χ3n) is 4.55. The van der Waals surface area contributed by atoms with Gasteiger partial charge in [-0.2, -0.15) is 0 Å². The topological polar surface area (TPSA) is 26.3 Å². The van der Waals surface area contributed by atoms with Crippen molar-refractivity contribution in [3.63, 3.8) is 0 Å². The number of hydrogen-bond donors (Lipinski definition) is 0. The minimum absolute atomic E-state index is 0.0391. The van der Waals surface area contributed by atoms with Crippen molar-refractivity contribution in [2.45, 2.75) is 66.2 Å². The molecule has 0 aromatic carbocycles. The Balaban J connectivity index is 4.13. The molecule has 0 heterocycles. The fraction of sp³-hybridized carbons (Fsp3) is 0.933. The van der Waals surface area contributed by atoms with Gasteiger partial charge in [0, 0.05) is 0 Å². The van der Waals surface area contributed by atoms with E-state index in [0.717, 1.165) is 31.3 Å². The number of unbranched alkanes of at least 4 members (excludes halogenated alkanes) is 4. The molecule has 0 aromatic heterocycles. The first-order valence-corrected chi connectivity index (χ1v) is 10.8. The minimum atomic E-state index is -2.18. The Morgan fingerprint density at radius 2 is 1.39 bits per heavy atom. The van der Waals surface area contributed by atoms with E-state index in [1.807, 2.05) is 0 Å². The summed E-state index contributed by atoms with van der Waals surface area (Å²) in [6.07, 6.45) is 9.57. The molecule has 0 atom stereocenters. The van der Waals surface area contributed by atoms with Crippen LogP contribution in [0.25, 0.3) is 0 Å². The molecule has 0 aromatic rings. The summed E-state index contributed by atoms with van der Waals surface area (Å²) >= 11 is 0. The van der Waals surface area contributed by atoms with Crippen molar-refractivity contribution in [1.82, 2.24) is 0 Å². The molecule has 0 unspecified atom stereocenters. The molecule has 0 rings (SSSR count). The predicted octanol–water partition coefficient (Wildman–Crippen LogP) is 5.05. The van der Waals surface area contributed by atoms with E-state index in [-0.39, 0.29) is 5.97 Å². The number of carbonyl (C=O) groups excluding carboxylic acids is 1. The van der Waals surface area contributed by atoms with E-state index < -0.39 is 6.83 Å². The van der Waals surface area contributed by atoms with Gasteiger partial charge in [0.2, 0.25) is 0 Å². The van der Waals surface area contributed by atoms with Crippen LogP contribution in [0.15, 0.2) is 0 Å². The second-order valence-electron chi connectivity index (χ2n) is 5.77. The van der Waals surface area contributed by atoms with Crippen molar-refractivity contribution < 1.29 is 9.32 Å². The summed E-state index contributed by atoms with van der Waals surface area (Å²) in [5.41, 5.74) is 0. The average molecular weight is 276 g/mol. The number of carbonyl (C=O) groups is 1. The summed E-state index contributed by atoms with van der Waals surface area (Å²) in [5.74, 6) is 0.0391. The monoisotopic (exact) mass is 276 g/mol. The molecule has 3 heteroatoms. The molecule has 0 saturated carbocycles. The van der Waals surface area contributed by atoms with Crippen molar-refractivity contribution >= 4 is 12.8 Å². The second-order valence-corrected chi connectivity index (χ2v) is 12.2. The summed E-state index contributed by atoms with van der Waals surface area (Å²) in [6, 6.07) is 0. The Labute approximate surface area is 114 Å². The third-order valence-corrected chi connectivity index (χ3v) is 10.7. The van der Waals surface area contributed by atoms with Crippen LogP contribution in [0.1, 0.15) is 66.2 Å².